The summed E-state index contributed by atoms with van der Waals surface area (Å²) in [4.78, 5) is 13.6. The molecule has 5 nitrogen and oxygen atoms in total. The largest absolute Gasteiger partial charge is 0.397 e. The van der Waals surface area contributed by atoms with E-state index in [4.69, 9.17) is 10.5 Å². The average Bonchev–Trinajstić information content (AvgIpc) is 2.37. The molecule has 0 unspecified atom stereocenters. The predicted molar refractivity (Wildman–Crippen MR) is 78.6 cm³/mol. The summed E-state index contributed by atoms with van der Waals surface area (Å²) in [5.74, 6) is -0.118. The van der Waals surface area contributed by atoms with Crippen LogP contribution in [0.3, 0.4) is 0 Å². The number of benzene rings is 1. The lowest BCUT2D eigenvalue weighted by Crippen LogP contribution is -2.25. The minimum Gasteiger partial charge on any atom is -0.397 e. The van der Waals surface area contributed by atoms with Gasteiger partial charge in [0, 0.05) is 26.2 Å². The predicted octanol–water partition coefficient (Wildman–Crippen LogP) is 1.49. The van der Waals surface area contributed by atoms with Crippen molar-refractivity contribution < 1.29 is 9.53 Å². The van der Waals surface area contributed by atoms with E-state index in [0.717, 1.165) is 12.2 Å². The van der Waals surface area contributed by atoms with Gasteiger partial charge in [-0.25, -0.2) is 0 Å². The number of nitrogens with zero attached hydrogens (tertiary/aromatic N) is 1. The van der Waals surface area contributed by atoms with Crippen LogP contribution in [0.25, 0.3) is 0 Å². The molecule has 1 amide bonds. The first-order chi connectivity index (χ1) is 8.95. The number of likely N-dealkylation sites (N-methyl/N-ethyl adjacent to an activating group) is 1. The van der Waals surface area contributed by atoms with E-state index < -0.39 is 0 Å². The number of carbonyl (C=O) groups excluding carboxylic acids is 1. The minimum absolute atomic E-state index is 0.118. The fourth-order valence-electron chi connectivity index (χ4n) is 1.71. The molecular formula is C14H23N3O2. The highest BCUT2D eigenvalue weighted by atomic mass is 16.5. The van der Waals surface area contributed by atoms with Crippen LogP contribution in [0.1, 0.15) is 24.2 Å². The fraction of sp³-hybridized carbons (Fsp3) is 0.500. The maximum Gasteiger partial charge on any atom is 0.251 e. The zero-order chi connectivity index (χ0) is 14.4. The Morgan fingerprint density at radius 1 is 1.47 bits per heavy atom. The van der Waals surface area contributed by atoms with E-state index in [1.54, 1.807) is 25.2 Å². The van der Waals surface area contributed by atoms with E-state index in [2.05, 4.69) is 5.32 Å². The SMILES string of the molecule is CNC(=O)c1ccc(N)c(N(C)CCOC(C)C)c1. The number of carbonyl (C=O) groups is 1. The molecule has 0 radical (unpaired) electrons. The molecule has 0 aromatic heterocycles. The molecule has 0 heterocycles. The third kappa shape index (κ3) is 4.44. The molecule has 0 aliphatic heterocycles. The molecule has 0 atom stereocenters. The minimum atomic E-state index is -0.118. The second kappa shape index (κ2) is 6.99. The molecule has 3 N–H and O–H groups in total. The molecule has 0 saturated carbocycles. The lowest BCUT2D eigenvalue weighted by atomic mass is 10.1. The quantitative estimate of drug-likeness (QED) is 0.765. The molecule has 19 heavy (non-hydrogen) atoms. The van der Waals surface area contributed by atoms with Crippen LogP contribution in [0, 0.1) is 0 Å². The summed E-state index contributed by atoms with van der Waals surface area (Å²) in [5, 5.41) is 2.60. The van der Waals surface area contributed by atoms with E-state index >= 15 is 0 Å². The van der Waals surface area contributed by atoms with Crippen LogP contribution in [-0.2, 0) is 4.74 Å². The number of nitrogens with two attached hydrogens (primary N) is 1. The van der Waals surface area contributed by atoms with Gasteiger partial charge in [-0.3, -0.25) is 4.79 Å². The number of nitrogens with one attached hydrogen (secondary N) is 1. The average molecular weight is 265 g/mol. The third-order valence-corrected chi connectivity index (χ3v) is 2.81. The molecule has 1 aromatic carbocycles. The summed E-state index contributed by atoms with van der Waals surface area (Å²) in [5.41, 5.74) is 8.04. The molecule has 1 rings (SSSR count). The Kier molecular flexibility index (Phi) is 5.63. The Bertz CT molecular complexity index is 433. The first-order valence-electron chi connectivity index (χ1n) is 6.40. The summed E-state index contributed by atoms with van der Waals surface area (Å²) >= 11 is 0. The van der Waals surface area contributed by atoms with Crippen LogP contribution >= 0.6 is 0 Å². The lowest BCUT2D eigenvalue weighted by molar-refractivity contribution is 0.0846. The number of amides is 1. The lowest BCUT2D eigenvalue weighted by Gasteiger charge is -2.22. The Hall–Kier alpha value is -1.75. The van der Waals surface area contributed by atoms with Crippen molar-refractivity contribution in [2.75, 3.05) is 37.9 Å². The normalized spacial score (nSPS) is 10.6. The number of anilines is 2. The highest BCUT2D eigenvalue weighted by Gasteiger charge is 2.10. The Morgan fingerprint density at radius 3 is 2.74 bits per heavy atom. The molecular weight excluding hydrogens is 242 g/mol. The van der Waals surface area contributed by atoms with Gasteiger partial charge in [0.25, 0.3) is 5.91 Å². The van der Waals surface area contributed by atoms with Gasteiger partial charge in [0.15, 0.2) is 0 Å². The van der Waals surface area contributed by atoms with Crippen molar-refractivity contribution in [1.29, 1.82) is 0 Å². The number of hydrogen-bond acceptors (Lipinski definition) is 4. The van der Waals surface area contributed by atoms with Crippen molar-refractivity contribution in [2.24, 2.45) is 0 Å². The number of rotatable bonds is 6. The van der Waals surface area contributed by atoms with Crippen LogP contribution in [0.4, 0.5) is 11.4 Å². The molecule has 0 aliphatic rings. The van der Waals surface area contributed by atoms with Crippen molar-refractivity contribution in [2.45, 2.75) is 20.0 Å². The second-order valence-electron chi connectivity index (χ2n) is 4.69. The molecule has 5 heteroatoms. The summed E-state index contributed by atoms with van der Waals surface area (Å²) < 4.78 is 5.51. The first kappa shape index (κ1) is 15.3. The van der Waals surface area contributed by atoms with Crippen molar-refractivity contribution in [1.82, 2.24) is 5.32 Å². The van der Waals surface area contributed by atoms with E-state index in [-0.39, 0.29) is 12.0 Å². The zero-order valence-electron chi connectivity index (χ0n) is 12.1. The highest BCUT2D eigenvalue weighted by Crippen LogP contribution is 2.23. The molecule has 0 saturated heterocycles. The van der Waals surface area contributed by atoms with Crippen LogP contribution in [0.2, 0.25) is 0 Å². The summed E-state index contributed by atoms with van der Waals surface area (Å²) in [6.07, 6.45) is 0.211. The van der Waals surface area contributed by atoms with Crippen molar-refractivity contribution in [3.05, 3.63) is 23.8 Å². The van der Waals surface area contributed by atoms with Gasteiger partial charge in [-0.2, -0.15) is 0 Å². The van der Waals surface area contributed by atoms with Crippen molar-refractivity contribution in [3.8, 4) is 0 Å². The Morgan fingerprint density at radius 2 is 2.16 bits per heavy atom. The number of hydrogen-bond donors (Lipinski definition) is 2. The van der Waals surface area contributed by atoms with E-state index in [1.807, 2.05) is 25.8 Å². The number of ether oxygens (including phenoxy) is 1. The fourth-order valence-corrected chi connectivity index (χ4v) is 1.71. The second-order valence-corrected chi connectivity index (χ2v) is 4.69. The monoisotopic (exact) mass is 265 g/mol. The molecule has 106 valence electrons. The van der Waals surface area contributed by atoms with Crippen molar-refractivity contribution in [3.63, 3.8) is 0 Å². The topological polar surface area (TPSA) is 67.6 Å². The van der Waals surface area contributed by atoms with Gasteiger partial charge in [0.05, 0.1) is 24.1 Å². The summed E-state index contributed by atoms with van der Waals surface area (Å²) in [6.45, 7) is 5.35. The molecule has 0 bridgehead atoms. The number of nitrogen functional groups attached to an aromatic ring is 1. The van der Waals surface area contributed by atoms with Crippen LogP contribution < -0.4 is 16.0 Å². The van der Waals surface area contributed by atoms with Gasteiger partial charge in [0.1, 0.15) is 0 Å². The summed E-state index contributed by atoms with van der Waals surface area (Å²) in [7, 11) is 3.54. The van der Waals surface area contributed by atoms with Crippen LogP contribution in [-0.4, -0.2) is 39.3 Å². The molecule has 0 spiro atoms. The Labute approximate surface area is 114 Å². The van der Waals surface area contributed by atoms with Crippen molar-refractivity contribution >= 4 is 17.3 Å². The standard InChI is InChI=1S/C14H23N3O2/c1-10(2)19-8-7-17(4)13-9-11(14(18)16-3)5-6-12(13)15/h5-6,9-10H,7-8,15H2,1-4H3,(H,16,18). The third-order valence-electron chi connectivity index (χ3n) is 2.81. The van der Waals surface area contributed by atoms with E-state index in [0.29, 0.717) is 17.9 Å². The zero-order valence-corrected chi connectivity index (χ0v) is 12.1. The Balaban J connectivity index is 2.77. The maximum atomic E-state index is 11.6. The van der Waals surface area contributed by atoms with Crippen LogP contribution in [0.5, 0.6) is 0 Å². The van der Waals surface area contributed by atoms with Gasteiger partial charge in [-0.05, 0) is 32.0 Å². The van der Waals surface area contributed by atoms with Gasteiger partial charge in [-0.15, -0.1) is 0 Å². The molecule has 0 aliphatic carbocycles. The highest BCUT2D eigenvalue weighted by molar-refractivity contribution is 5.96. The van der Waals surface area contributed by atoms with Crippen LogP contribution in [0.15, 0.2) is 18.2 Å². The van der Waals surface area contributed by atoms with E-state index in [1.165, 1.54) is 0 Å². The van der Waals surface area contributed by atoms with Gasteiger partial charge in [0.2, 0.25) is 0 Å². The molecule has 1 aromatic rings. The van der Waals surface area contributed by atoms with E-state index in [9.17, 15) is 4.79 Å². The smallest absolute Gasteiger partial charge is 0.251 e. The molecule has 0 fully saturated rings. The first-order valence-corrected chi connectivity index (χ1v) is 6.40. The van der Waals surface area contributed by atoms with Gasteiger partial charge < -0.3 is 20.7 Å². The van der Waals surface area contributed by atoms with Gasteiger partial charge in [-0.1, -0.05) is 0 Å². The summed E-state index contributed by atoms with van der Waals surface area (Å²) in [6, 6.07) is 5.26. The maximum absolute atomic E-state index is 11.6. The van der Waals surface area contributed by atoms with Gasteiger partial charge >= 0.3 is 0 Å².